The fourth-order valence-corrected chi connectivity index (χ4v) is 2.31. The average Bonchev–Trinajstić information content (AvgIpc) is 2.80. The van der Waals surface area contributed by atoms with E-state index in [-0.39, 0.29) is 0 Å². The van der Waals surface area contributed by atoms with Crippen LogP contribution < -0.4 is 10.6 Å². The second-order valence-electron chi connectivity index (χ2n) is 5.64. The van der Waals surface area contributed by atoms with Crippen molar-refractivity contribution in [2.75, 3.05) is 44.6 Å². The first kappa shape index (κ1) is 12.5. The maximum Gasteiger partial charge on any atom is 0.0517 e. The maximum atomic E-state index is 3.48. The molecule has 1 aromatic heterocycles. The number of aromatic amines is 1. The monoisotopic (exact) mass is 236 g/mol. The van der Waals surface area contributed by atoms with Crippen LogP contribution in [0.3, 0.4) is 0 Å². The molecule has 0 aliphatic carbocycles. The van der Waals surface area contributed by atoms with Crippen LogP contribution in [0.15, 0.2) is 18.5 Å². The van der Waals surface area contributed by atoms with Gasteiger partial charge in [0.2, 0.25) is 0 Å². The van der Waals surface area contributed by atoms with Gasteiger partial charge in [-0.1, -0.05) is 13.8 Å². The number of piperazine rings is 1. The fraction of sp³-hybridized carbons (Fsp3) is 0.692. The minimum Gasteiger partial charge on any atom is -0.383 e. The molecular formula is C13H24N4. The Labute approximate surface area is 104 Å². The second-order valence-corrected chi connectivity index (χ2v) is 5.64. The molecule has 17 heavy (non-hydrogen) atoms. The highest BCUT2D eigenvalue weighted by molar-refractivity contribution is 5.40. The Balaban J connectivity index is 1.77. The largest absolute Gasteiger partial charge is 0.383 e. The van der Waals surface area contributed by atoms with E-state index in [0.717, 1.165) is 26.2 Å². The summed E-state index contributed by atoms with van der Waals surface area (Å²) in [6, 6.07) is 2.07. The summed E-state index contributed by atoms with van der Waals surface area (Å²) < 4.78 is 0. The highest BCUT2D eigenvalue weighted by Crippen LogP contribution is 2.18. The van der Waals surface area contributed by atoms with E-state index >= 15 is 0 Å². The normalized spacial score (nSPS) is 18.2. The van der Waals surface area contributed by atoms with Crippen molar-refractivity contribution in [3.8, 4) is 0 Å². The number of hydrogen-bond donors (Lipinski definition) is 3. The van der Waals surface area contributed by atoms with Crippen molar-refractivity contribution in [1.82, 2.24) is 15.2 Å². The van der Waals surface area contributed by atoms with Gasteiger partial charge in [-0.2, -0.15) is 0 Å². The van der Waals surface area contributed by atoms with E-state index in [2.05, 4.69) is 40.4 Å². The lowest BCUT2D eigenvalue weighted by Crippen LogP contribution is -2.48. The molecule has 0 bridgehead atoms. The van der Waals surface area contributed by atoms with Crippen LogP contribution in [-0.2, 0) is 0 Å². The first-order valence-electron chi connectivity index (χ1n) is 6.45. The Morgan fingerprint density at radius 2 is 2.12 bits per heavy atom. The van der Waals surface area contributed by atoms with Gasteiger partial charge in [-0.05, 0) is 11.5 Å². The molecule has 0 atom stereocenters. The van der Waals surface area contributed by atoms with E-state index in [1.807, 2.05) is 12.4 Å². The summed E-state index contributed by atoms with van der Waals surface area (Å²) in [4.78, 5) is 5.62. The third-order valence-corrected chi connectivity index (χ3v) is 3.23. The number of nitrogens with zero attached hydrogens (tertiary/aromatic N) is 1. The third kappa shape index (κ3) is 4.06. The van der Waals surface area contributed by atoms with E-state index in [0.29, 0.717) is 5.41 Å². The van der Waals surface area contributed by atoms with Crippen molar-refractivity contribution in [1.29, 1.82) is 0 Å². The Kier molecular flexibility index (Phi) is 4.07. The Morgan fingerprint density at radius 1 is 1.35 bits per heavy atom. The molecule has 1 aliphatic heterocycles. The van der Waals surface area contributed by atoms with Gasteiger partial charge in [0.1, 0.15) is 0 Å². The fourth-order valence-electron chi connectivity index (χ4n) is 2.31. The highest BCUT2D eigenvalue weighted by Gasteiger charge is 2.22. The predicted molar refractivity (Wildman–Crippen MR) is 72.4 cm³/mol. The van der Waals surface area contributed by atoms with E-state index in [1.54, 1.807) is 0 Å². The SMILES string of the molecule is CC(C)(CNc1cc[nH]c1)CN1CCNCC1. The van der Waals surface area contributed by atoms with E-state index in [4.69, 9.17) is 0 Å². The van der Waals surface area contributed by atoms with E-state index in [1.165, 1.54) is 18.8 Å². The van der Waals surface area contributed by atoms with Crippen LogP contribution in [0.2, 0.25) is 0 Å². The molecule has 3 N–H and O–H groups in total. The molecule has 1 aliphatic rings. The van der Waals surface area contributed by atoms with Gasteiger partial charge < -0.3 is 20.5 Å². The summed E-state index contributed by atoms with van der Waals surface area (Å²) in [7, 11) is 0. The molecule has 0 aromatic carbocycles. The van der Waals surface area contributed by atoms with Crippen molar-refractivity contribution < 1.29 is 0 Å². The third-order valence-electron chi connectivity index (χ3n) is 3.23. The first-order chi connectivity index (χ1) is 8.16. The molecule has 0 radical (unpaired) electrons. The molecule has 1 saturated heterocycles. The molecule has 2 heterocycles. The molecule has 0 amide bonds. The van der Waals surface area contributed by atoms with E-state index < -0.39 is 0 Å². The standard InChI is InChI=1S/C13H24N4/c1-13(2,10-16-12-3-4-15-9-12)11-17-7-5-14-6-8-17/h3-4,9,14-16H,5-8,10-11H2,1-2H3. The van der Waals surface area contributed by atoms with Crippen molar-refractivity contribution in [3.05, 3.63) is 18.5 Å². The molecule has 4 heteroatoms. The minimum absolute atomic E-state index is 0.300. The average molecular weight is 236 g/mol. The molecule has 96 valence electrons. The summed E-state index contributed by atoms with van der Waals surface area (Å²) in [6.45, 7) is 11.4. The Hall–Kier alpha value is -1.00. The number of H-pyrrole nitrogens is 1. The maximum absolute atomic E-state index is 3.48. The topological polar surface area (TPSA) is 43.1 Å². The summed E-state index contributed by atoms with van der Waals surface area (Å²) in [5.74, 6) is 0. The molecule has 0 spiro atoms. The zero-order valence-corrected chi connectivity index (χ0v) is 10.9. The number of anilines is 1. The van der Waals surface area contributed by atoms with Crippen LogP contribution in [0.5, 0.6) is 0 Å². The molecule has 0 unspecified atom stereocenters. The molecule has 0 saturated carbocycles. The summed E-state index contributed by atoms with van der Waals surface area (Å²) in [5.41, 5.74) is 1.48. The smallest absolute Gasteiger partial charge is 0.0517 e. The van der Waals surface area contributed by atoms with Gasteiger partial charge in [0.15, 0.2) is 0 Å². The molecular weight excluding hydrogens is 212 g/mol. The first-order valence-corrected chi connectivity index (χ1v) is 6.45. The van der Waals surface area contributed by atoms with Crippen molar-refractivity contribution in [3.63, 3.8) is 0 Å². The van der Waals surface area contributed by atoms with E-state index in [9.17, 15) is 0 Å². The molecule has 2 rings (SSSR count). The quantitative estimate of drug-likeness (QED) is 0.723. The van der Waals surface area contributed by atoms with Gasteiger partial charge >= 0.3 is 0 Å². The lowest BCUT2D eigenvalue weighted by atomic mass is 9.92. The number of aromatic nitrogens is 1. The number of rotatable bonds is 5. The van der Waals surface area contributed by atoms with Gasteiger partial charge in [-0.25, -0.2) is 0 Å². The molecule has 1 aromatic rings. The second kappa shape index (κ2) is 5.56. The van der Waals surface area contributed by atoms with Gasteiger partial charge in [-0.15, -0.1) is 0 Å². The van der Waals surface area contributed by atoms with Gasteiger partial charge in [0, 0.05) is 51.7 Å². The lowest BCUT2D eigenvalue weighted by Gasteiger charge is -2.35. The summed E-state index contributed by atoms with van der Waals surface area (Å²) in [6.07, 6.45) is 3.95. The zero-order chi connectivity index (χ0) is 12.1. The van der Waals surface area contributed by atoms with Crippen molar-refractivity contribution >= 4 is 5.69 Å². The zero-order valence-electron chi connectivity index (χ0n) is 10.9. The highest BCUT2D eigenvalue weighted by atomic mass is 15.2. The predicted octanol–water partition coefficient (Wildman–Crippen LogP) is 1.36. The van der Waals surface area contributed by atoms with Crippen LogP contribution >= 0.6 is 0 Å². The number of nitrogens with one attached hydrogen (secondary N) is 3. The van der Waals surface area contributed by atoms with Crippen LogP contribution in [0.4, 0.5) is 5.69 Å². The summed E-state index contributed by atoms with van der Waals surface area (Å²) in [5, 5.41) is 6.87. The van der Waals surface area contributed by atoms with Gasteiger partial charge in [-0.3, -0.25) is 0 Å². The lowest BCUT2D eigenvalue weighted by molar-refractivity contribution is 0.168. The molecule has 1 fully saturated rings. The summed E-state index contributed by atoms with van der Waals surface area (Å²) >= 11 is 0. The van der Waals surface area contributed by atoms with Crippen molar-refractivity contribution in [2.45, 2.75) is 13.8 Å². The van der Waals surface area contributed by atoms with Crippen LogP contribution in [0.1, 0.15) is 13.8 Å². The number of hydrogen-bond acceptors (Lipinski definition) is 3. The molecule has 4 nitrogen and oxygen atoms in total. The van der Waals surface area contributed by atoms with Gasteiger partial charge in [0.25, 0.3) is 0 Å². The van der Waals surface area contributed by atoms with Crippen LogP contribution in [0.25, 0.3) is 0 Å². The van der Waals surface area contributed by atoms with Crippen LogP contribution in [-0.4, -0.2) is 49.2 Å². The van der Waals surface area contributed by atoms with Gasteiger partial charge in [0.05, 0.1) is 5.69 Å². The van der Waals surface area contributed by atoms with Crippen LogP contribution in [0, 0.1) is 5.41 Å². The Morgan fingerprint density at radius 3 is 2.76 bits per heavy atom. The minimum atomic E-state index is 0.300. The Bertz CT molecular complexity index is 312. The van der Waals surface area contributed by atoms with Crippen molar-refractivity contribution in [2.24, 2.45) is 5.41 Å².